The number of halogens is 2. The molecule has 0 aliphatic rings. The lowest BCUT2D eigenvalue weighted by molar-refractivity contribution is -0.137. The van der Waals surface area contributed by atoms with E-state index in [0.29, 0.717) is 15.6 Å². The maximum atomic E-state index is 11.8. The van der Waals surface area contributed by atoms with Crippen LogP contribution in [0, 0.1) is 0 Å². The van der Waals surface area contributed by atoms with E-state index in [0.717, 1.165) is 0 Å². The molecule has 0 fully saturated rings. The van der Waals surface area contributed by atoms with E-state index in [1.165, 1.54) is 29.1 Å². The molecular weight excluding hydrogens is 329 g/mol. The second kappa shape index (κ2) is 7.11. The van der Waals surface area contributed by atoms with Crippen LogP contribution in [0.4, 0.5) is 5.82 Å². The molecule has 0 atom stereocenters. The predicted molar refractivity (Wildman–Crippen MR) is 84.0 cm³/mol. The van der Waals surface area contributed by atoms with Crippen LogP contribution in [0.2, 0.25) is 10.0 Å². The van der Waals surface area contributed by atoms with E-state index in [9.17, 15) is 9.59 Å². The fourth-order valence-corrected chi connectivity index (χ4v) is 2.18. The highest BCUT2D eigenvalue weighted by molar-refractivity contribution is 6.37. The van der Waals surface area contributed by atoms with Gasteiger partial charge in [-0.25, -0.2) is 0 Å². The topological polar surface area (TPSA) is 84.2 Å². The fraction of sp³-hybridized carbons (Fsp3) is 0.0714. The SMILES string of the molecule is O=C(O)Cn1ccc(NC(=O)/C=C/c2c(Cl)cccc2Cl)n1. The lowest BCUT2D eigenvalue weighted by atomic mass is 10.2. The highest BCUT2D eigenvalue weighted by Crippen LogP contribution is 2.25. The Hall–Kier alpha value is -2.31. The fourth-order valence-electron chi connectivity index (χ4n) is 1.65. The van der Waals surface area contributed by atoms with Crippen molar-refractivity contribution in [1.82, 2.24) is 9.78 Å². The van der Waals surface area contributed by atoms with Crippen molar-refractivity contribution in [2.24, 2.45) is 0 Å². The van der Waals surface area contributed by atoms with Gasteiger partial charge in [-0.2, -0.15) is 5.10 Å². The molecule has 0 radical (unpaired) electrons. The summed E-state index contributed by atoms with van der Waals surface area (Å²) in [7, 11) is 0. The van der Waals surface area contributed by atoms with E-state index >= 15 is 0 Å². The van der Waals surface area contributed by atoms with E-state index < -0.39 is 11.9 Å². The maximum Gasteiger partial charge on any atom is 0.325 e. The van der Waals surface area contributed by atoms with Crippen LogP contribution >= 0.6 is 23.2 Å². The molecule has 0 saturated carbocycles. The highest BCUT2D eigenvalue weighted by atomic mass is 35.5. The lowest BCUT2D eigenvalue weighted by Crippen LogP contribution is -2.11. The summed E-state index contributed by atoms with van der Waals surface area (Å²) in [6.45, 7) is -0.277. The van der Waals surface area contributed by atoms with Gasteiger partial charge in [0.05, 0.1) is 0 Å². The number of anilines is 1. The summed E-state index contributed by atoms with van der Waals surface area (Å²) in [5.41, 5.74) is 0.539. The van der Waals surface area contributed by atoms with Crippen molar-refractivity contribution in [2.75, 3.05) is 5.32 Å². The second-order valence-electron chi connectivity index (χ2n) is 4.25. The molecule has 2 aromatic rings. The number of carboxylic acids is 1. The number of nitrogens with zero attached hydrogens (tertiary/aromatic N) is 2. The van der Waals surface area contributed by atoms with Gasteiger partial charge in [0.25, 0.3) is 0 Å². The maximum absolute atomic E-state index is 11.8. The van der Waals surface area contributed by atoms with Crippen LogP contribution in [-0.4, -0.2) is 26.8 Å². The first-order chi connectivity index (χ1) is 10.5. The summed E-state index contributed by atoms with van der Waals surface area (Å²) in [6, 6.07) is 6.53. The molecule has 0 bridgehead atoms. The number of rotatable bonds is 5. The number of hydrogen-bond acceptors (Lipinski definition) is 3. The molecule has 6 nitrogen and oxygen atoms in total. The summed E-state index contributed by atoms with van der Waals surface area (Å²) < 4.78 is 1.20. The largest absolute Gasteiger partial charge is 0.480 e. The zero-order valence-electron chi connectivity index (χ0n) is 11.2. The number of carbonyl (C=O) groups excluding carboxylic acids is 1. The van der Waals surface area contributed by atoms with Gasteiger partial charge in [0, 0.05) is 33.9 Å². The Balaban J connectivity index is 2.02. The Bertz CT molecular complexity index is 720. The van der Waals surface area contributed by atoms with Gasteiger partial charge >= 0.3 is 5.97 Å². The molecule has 0 spiro atoms. The minimum absolute atomic E-state index is 0.251. The van der Waals surface area contributed by atoms with Gasteiger partial charge in [-0.1, -0.05) is 29.3 Å². The molecule has 1 heterocycles. The van der Waals surface area contributed by atoms with E-state index in [1.807, 2.05) is 0 Å². The van der Waals surface area contributed by atoms with Crippen molar-refractivity contribution in [1.29, 1.82) is 0 Å². The number of benzene rings is 1. The minimum Gasteiger partial charge on any atom is -0.480 e. The van der Waals surface area contributed by atoms with Gasteiger partial charge in [-0.3, -0.25) is 14.3 Å². The Morgan fingerprint density at radius 3 is 2.59 bits per heavy atom. The number of carboxylic acid groups (broad SMARTS) is 1. The smallest absolute Gasteiger partial charge is 0.325 e. The van der Waals surface area contributed by atoms with E-state index in [1.54, 1.807) is 18.2 Å². The molecule has 114 valence electrons. The summed E-state index contributed by atoms with van der Waals surface area (Å²) >= 11 is 12.0. The van der Waals surface area contributed by atoms with Gasteiger partial charge in [-0.05, 0) is 18.2 Å². The first kappa shape index (κ1) is 16.1. The molecule has 8 heteroatoms. The molecule has 0 unspecified atom stereocenters. The van der Waals surface area contributed by atoms with Gasteiger partial charge < -0.3 is 10.4 Å². The summed E-state index contributed by atoms with van der Waals surface area (Å²) in [6.07, 6.45) is 4.22. The third kappa shape index (κ3) is 4.34. The average Bonchev–Trinajstić information content (AvgIpc) is 2.84. The Labute approximate surface area is 136 Å². The number of hydrogen-bond donors (Lipinski definition) is 2. The van der Waals surface area contributed by atoms with E-state index in [4.69, 9.17) is 28.3 Å². The quantitative estimate of drug-likeness (QED) is 0.820. The van der Waals surface area contributed by atoms with Crippen molar-refractivity contribution in [3.05, 3.63) is 52.1 Å². The Morgan fingerprint density at radius 2 is 1.95 bits per heavy atom. The zero-order chi connectivity index (χ0) is 16.1. The molecule has 1 aromatic carbocycles. The molecule has 0 aliphatic carbocycles. The molecule has 1 amide bonds. The Kier molecular flexibility index (Phi) is 5.19. The van der Waals surface area contributed by atoms with E-state index in [-0.39, 0.29) is 12.4 Å². The zero-order valence-corrected chi connectivity index (χ0v) is 12.7. The normalized spacial score (nSPS) is 10.8. The number of aromatic nitrogens is 2. The van der Waals surface area contributed by atoms with Crippen molar-refractivity contribution in [3.8, 4) is 0 Å². The van der Waals surface area contributed by atoms with Crippen molar-refractivity contribution < 1.29 is 14.7 Å². The standard InChI is InChI=1S/C14H11Cl2N3O3/c15-10-2-1-3-11(16)9(10)4-5-13(20)17-12-6-7-19(18-12)8-14(21)22/h1-7H,8H2,(H,21,22)(H,17,18,20)/b5-4+. The van der Waals surface area contributed by atoms with Crippen molar-refractivity contribution in [3.63, 3.8) is 0 Å². The lowest BCUT2D eigenvalue weighted by Gasteiger charge is -2.01. The van der Waals surface area contributed by atoms with Crippen LogP contribution in [0.5, 0.6) is 0 Å². The minimum atomic E-state index is -1.02. The molecule has 0 aliphatic heterocycles. The first-order valence-corrected chi connectivity index (χ1v) is 6.89. The number of amides is 1. The summed E-state index contributed by atoms with van der Waals surface area (Å²) in [4.78, 5) is 22.3. The monoisotopic (exact) mass is 339 g/mol. The molecule has 0 saturated heterocycles. The van der Waals surface area contributed by atoms with Crippen LogP contribution in [0.15, 0.2) is 36.5 Å². The molecular formula is C14H11Cl2N3O3. The third-order valence-corrected chi connectivity index (χ3v) is 3.25. The molecule has 22 heavy (non-hydrogen) atoms. The second-order valence-corrected chi connectivity index (χ2v) is 5.06. The van der Waals surface area contributed by atoms with Gasteiger partial charge in [0.15, 0.2) is 5.82 Å². The number of aliphatic carboxylic acids is 1. The third-order valence-electron chi connectivity index (χ3n) is 2.59. The van der Waals surface area contributed by atoms with Crippen molar-refractivity contribution in [2.45, 2.75) is 6.54 Å². The van der Waals surface area contributed by atoms with Crippen LogP contribution in [0.25, 0.3) is 6.08 Å². The predicted octanol–water partition coefficient (Wildman–Crippen LogP) is 2.93. The van der Waals surface area contributed by atoms with Gasteiger partial charge in [0.2, 0.25) is 5.91 Å². The van der Waals surface area contributed by atoms with Gasteiger partial charge in [0.1, 0.15) is 6.54 Å². The highest BCUT2D eigenvalue weighted by Gasteiger charge is 2.06. The molecule has 2 rings (SSSR count). The first-order valence-electron chi connectivity index (χ1n) is 6.14. The molecule has 2 N–H and O–H groups in total. The van der Waals surface area contributed by atoms with Crippen LogP contribution < -0.4 is 5.32 Å². The van der Waals surface area contributed by atoms with Crippen LogP contribution in [-0.2, 0) is 16.1 Å². The Morgan fingerprint density at radius 1 is 1.27 bits per heavy atom. The van der Waals surface area contributed by atoms with Crippen LogP contribution in [0.1, 0.15) is 5.56 Å². The average molecular weight is 340 g/mol. The number of nitrogens with one attached hydrogen (secondary N) is 1. The summed E-state index contributed by atoms with van der Waals surface area (Å²) in [5, 5.41) is 15.9. The van der Waals surface area contributed by atoms with E-state index in [2.05, 4.69) is 10.4 Å². The van der Waals surface area contributed by atoms with Gasteiger partial charge in [-0.15, -0.1) is 0 Å². The number of carbonyl (C=O) groups is 2. The van der Waals surface area contributed by atoms with Crippen molar-refractivity contribution >= 4 is 47.0 Å². The van der Waals surface area contributed by atoms with Crippen LogP contribution in [0.3, 0.4) is 0 Å². The molecule has 1 aromatic heterocycles. The summed E-state index contributed by atoms with van der Waals surface area (Å²) in [5.74, 6) is -1.20.